The number of nitrogen functional groups attached to an aromatic ring is 1. The quantitative estimate of drug-likeness (QED) is 0.309. The van der Waals surface area contributed by atoms with Crippen molar-refractivity contribution in [3.05, 3.63) is 52.0 Å². The highest BCUT2D eigenvalue weighted by Crippen LogP contribution is 2.38. The molecule has 0 spiro atoms. The minimum absolute atomic E-state index is 0.242. The molecule has 0 bridgehead atoms. The fourth-order valence-corrected chi connectivity index (χ4v) is 3.71. The highest BCUT2D eigenvalue weighted by Gasteiger charge is 2.33. The molecular formula is C18H11F4IN6O. The molecule has 154 valence electrons. The standard InChI is InChI=1S/C18H11F4IN6O/c1-29-14(23)12(13-15(24)26-7-27-16(13)29)8-2-3-10(9(19)6-8)30-17-25-5-4-11(28-17)18(20,21)22/h2-7H,1H3,(H2,24,26,27). The van der Waals surface area contributed by atoms with Gasteiger partial charge in [0.05, 0.1) is 9.09 Å². The average molecular weight is 530 g/mol. The van der Waals surface area contributed by atoms with E-state index >= 15 is 0 Å². The maximum Gasteiger partial charge on any atom is 0.433 e. The molecule has 0 aliphatic carbocycles. The lowest BCUT2D eigenvalue weighted by molar-refractivity contribution is -0.141. The van der Waals surface area contributed by atoms with Crippen LogP contribution < -0.4 is 10.5 Å². The van der Waals surface area contributed by atoms with E-state index in [0.717, 1.165) is 9.90 Å². The molecular weight excluding hydrogens is 519 g/mol. The van der Waals surface area contributed by atoms with E-state index in [4.69, 9.17) is 10.5 Å². The third kappa shape index (κ3) is 3.51. The predicted molar refractivity (Wildman–Crippen MR) is 108 cm³/mol. The lowest BCUT2D eigenvalue weighted by Gasteiger charge is -2.09. The van der Waals surface area contributed by atoms with Crippen molar-refractivity contribution < 1.29 is 22.3 Å². The second-order valence-corrected chi connectivity index (χ2v) is 7.17. The number of aromatic nitrogens is 5. The molecule has 0 aliphatic heterocycles. The molecule has 3 heterocycles. The van der Waals surface area contributed by atoms with E-state index in [2.05, 4.69) is 42.5 Å². The number of halogens is 5. The summed E-state index contributed by atoms with van der Waals surface area (Å²) in [5.41, 5.74) is 6.50. The lowest BCUT2D eigenvalue weighted by atomic mass is 10.1. The Bertz CT molecular complexity index is 1270. The van der Waals surface area contributed by atoms with Gasteiger partial charge in [0.1, 0.15) is 17.8 Å². The van der Waals surface area contributed by atoms with Gasteiger partial charge in [0, 0.05) is 18.8 Å². The third-order valence-electron chi connectivity index (χ3n) is 4.27. The van der Waals surface area contributed by atoms with Gasteiger partial charge in [-0.15, -0.1) is 0 Å². The van der Waals surface area contributed by atoms with E-state index in [1.165, 1.54) is 18.5 Å². The molecule has 2 N–H and O–H groups in total. The Labute approximate surface area is 180 Å². The number of aryl methyl sites for hydroxylation is 1. The molecule has 3 aromatic heterocycles. The van der Waals surface area contributed by atoms with Crippen molar-refractivity contribution in [1.29, 1.82) is 0 Å². The molecule has 0 saturated carbocycles. The number of rotatable bonds is 3. The minimum Gasteiger partial charge on any atom is -0.421 e. The maximum absolute atomic E-state index is 14.7. The summed E-state index contributed by atoms with van der Waals surface area (Å²) in [5.74, 6) is -0.888. The number of anilines is 1. The van der Waals surface area contributed by atoms with E-state index in [0.29, 0.717) is 28.2 Å². The minimum atomic E-state index is -4.67. The summed E-state index contributed by atoms with van der Waals surface area (Å²) < 4.78 is 60.7. The molecule has 0 fully saturated rings. The maximum atomic E-state index is 14.7. The van der Waals surface area contributed by atoms with Gasteiger partial charge in [-0.25, -0.2) is 19.3 Å². The molecule has 7 nitrogen and oxygen atoms in total. The monoisotopic (exact) mass is 530 g/mol. The number of alkyl halides is 3. The highest BCUT2D eigenvalue weighted by molar-refractivity contribution is 14.1. The Balaban J connectivity index is 1.74. The Hall–Kier alpha value is -3.03. The summed E-state index contributed by atoms with van der Waals surface area (Å²) >= 11 is 2.09. The zero-order valence-corrected chi connectivity index (χ0v) is 17.2. The second kappa shape index (κ2) is 7.34. The first-order valence-electron chi connectivity index (χ1n) is 8.29. The summed E-state index contributed by atoms with van der Waals surface area (Å²) in [7, 11) is 1.79. The van der Waals surface area contributed by atoms with Crippen LogP contribution in [-0.2, 0) is 13.2 Å². The van der Waals surface area contributed by atoms with Crippen molar-refractivity contribution in [2.75, 3.05) is 5.73 Å². The summed E-state index contributed by atoms with van der Waals surface area (Å²) in [6, 6.07) is 4.10. The van der Waals surface area contributed by atoms with E-state index in [-0.39, 0.29) is 11.6 Å². The van der Waals surface area contributed by atoms with Gasteiger partial charge in [0.15, 0.2) is 17.3 Å². The zero-order valence-electron chi connectivity index (χ0n) is 15.1. The molecule has 0 saturated heterocycles. The van der Waals surface area contributed by atoms with Crippen LogP contribution in [0.2, 0.25) is 0 Å². The smallest absolute Gasteiger partial charge is 0.421 e. The Morgan fingerprint density at radius 2 is 1.90 bits per heavy atom. The van der Waals surface area contributed by atoms with E-state index < -0.39 is 23.7 Å². The number of ether oxygens (including phenoxy) is 1. The van der Waals surface area contributed by atoms with Crippen LogP contribution in [0.5, 0.6) is 11.8 Å². The fraction of sp³-hybridized carbons (Fsp3) is 0.111. The largest absolute Gasteiger partial charge is 0.433 e. The molecule has 0 unspecified atom stereocenters. The Morgan fingerprint density at radius 1 is 1.13 bits per heavy atom. The number of nitrogens with zero attached hydrogens (tertiary/aromatic N) is 5. The summed E-state index contributed by atoms with van der Waals surface area (Å²) in [4.78, 5) is 15.1. The number of hydrogen-bond acceptors (Lipinski definition) is 6. The molecule has 0 atom stereocenters. The van der Waals surface area contributed by atoms with Crippen molar-refractivity contribution in [2.24, 2.45) is 7.05 Å². The van der Waals surface area contributed by atoms with Gasteiger partial charge < -0.3 is 15.0 Å². The van der Waals surface area contributed by atoms with Crippen LogP contribution in [0.15, 0.2) is 36.8 Å². The first kappa shape index (κ1) is 20.3. The molecule has 4 rings (SSSR count). The first-order chi connectivity index (χ1) is 14.2. The normalized spacial score (nSPS) is 11.8. The zero-order chi connectivity index (χ0) is 21.6. The van der Waals surface area contributed by atoms with Crippen molar-refractivity contribution in [3.8, 4) is 22.9 Å². The molecule has 0 radical (unpaired) electrons. The Morgan fingerprint density at radius 3 is 2.60 bits per heavy atom. The van der Waals surface area contributed by atoms with Gasteiger partial charge in [0.2, 0.25) is 0 Å². The molecule has 1 aromatic carbocycles. The van der Waals surface area contributed by atoms with Gasteiger partial charge in [0.25, 0.3) is 0 Å². The summed E-state index contributed by atoms with van der Waals surface area (Å²) in [6.07, 6.45) is -2.45. The van der Waals surface area contributed by atoms with Gasteiger partial charge in [-0.05, 0) is 46.4 Å². The highest BCUT2D eigenvalue weighted by atomic mass is 127. The number of nitrogens with two attached hydrogens (primary N) is 1. The molecule has 0 aliphatic rings. The number of hydrogen-bond donors (Lipinski definition) is 1. The summed E-state index contributed by atoms with van der Waals surface area (Å²) in [5, 5.41) is 0.568. The van der Waals surface area contributed by atoms with Crippen LogP contribution in [0, 0.1) is 9.52 Å². The average Bonchev–Trinajstić information content (AvgIpc) is 2.95. The van der Waals surface area contributed by atoms with Crippen molar-refractivity contribution in [3.63, 3.8) is 0 Å². The van der Waals surface area contributed by atoms with E-state index in [1.807, 2.05) is 0 Å². The van der Waals surface area contributed by atoms with Crippen LogP contribution in [-0.4, -0.2) is 24.5 Å². The van der Waals surface area contributed by atoms with Crippen LogP contribution in [0.3, 0.4) is 0 Å². The third-order valence-corrected chi connectivity index (χ3v) is 5.53. The van der Waals surface area contributed by atoms with Crippen molar-refractivity contribution in [1.82, 2.24) is 24.5 Å². The van der Waals surface area contributed by atoms with Gasteiger partial charge >= 0.3 is 12.2 Å². The van der Waals surface area contributed by atoms with Crippen LogP contribution in [0.4, 0.5) is 23.4 Å². The van der Waals surface area contributed by atoms with E-state index in [1.54, 1.807) is 17.7 Å². The van der Waals surface area contributed by atoms with E-state index in [9.17, 15) is 17.6 Å². The van der Waals surface area contributed by atoms with Gasteiger partial charge in [-0.2, -0.15) is 18.2 Å². The van der Waals surface area contributed by atoms with Crippen LogP contribution in [0.25, 0.3) is 22.2 Å². The summed E-state index contributed by atoms with van der Waals surface area (Å²) in [6.45, 7) is 0. The number of fused-ring (bicyclic) bond motifs is 1. The van der Waals surface area contributed by atoms with Crippen LogP contribution in [0.1, 0.15) is 5.69 Å². The van der Waals surface area contributed by atoms with Gasteiger partial charge in [-0.1, -0.05) is 6.07 Å². The lowest BCUT2D eigenvalue weighted by Crippen LogP contribution is -2.09. The van der Waals surface area contributed by atoms with Crippen LogP contribution >= 0.6 is 22.6 Å². The second-order valence-electron chi connectivity index (χ2n) is 6.15. The fourth-order valence-electron chi connectivity index (χ4n) is 2.90. The SMILES string of the molecule is Cn1c(I)c(-c2ccc(Oc3nccc(C(F)(F)F)n3)c(F)c2)c2c(N)ncnc21. The Kier molecular flexibility index (Phi) is 4.95. The molecule has 4 aromatic rings. The van der Waals surface area contributed by atoms with Gasteiger partial charge in [-0.3, -0.25) is 0 Å². The number of benzene rings is 1. The van der Waals surface area contributed by atoms with Crippen molar-refractivity contribution >= 4 is 39.4 Å². The molecule has 0 amide bonds. The first-order valence-corrected chi connectivity index (χ1v) is 9.37. The van der Waals surface area contributed by atoms with Crippen molar-refractivity contribution in [2.45, 2.75) is 6.18 Å². The topological polar surface area (TPSA) is 91.7 Å². The molecule has 30 heavy (non-hydrogen) atoms. The molecule has 12 heteroatoms. The predicted octanol–water partition coefficient (Wildman–Crippen LogP) is 4.56.